The van der Waals surface area contributed by atoms with Crippen molar-refractivity contribution in [3.63, 3.8) is 0 Å². The number of guanidine groups is 1. The van der Waals surface area contributed by atoms with Gasteiger partial charge in [-0.1, -0.05) is 12.1 Å². The molecule has 1 aromatic heterocycles. The number of ether oxygens (including phenoxy) is 1. The number of halogens is 2. The van der Waals surface area contributed by atoms with Crippen molar-refractivity contribution in [2.45, 2.75) is 40.5 Å². The second-order valence-corrected chi connectivity index (χ2v) is 6.60. The number of rotatable bonds is 7. The van der Waals surface area contributed by atoms with E-state index in [4.69, 9.17) is 0 Å². The predicted octanol–water partition coefficient (Wildman–Crippen LogP) is 3.62. The van der Waals surface area contributed by atoms with Crippen molar-refractivity contribution >= 4 is 17.3 Å². The van der Waals surface area contributed by atoms with Gasteiger partial charge in [-0.2, -0.15) is 8.78 Å². The maximum Gasteiger partial charge on any atom is 0.387 e. The van der Waals surface area contributed by atoms with E-state index in [2.05, 4.69) is 25.3 Å². The zero-order valence-corrected chi connectivity index (χ0v) is 15.3. The summed E-state index contributed by atoms with van der Waals surface area (Å²) in [5, 5.41) is 7.47. The van der Waals surface area contributed by atoms with E-state index in [0.29, 0.717) is 19.0 Å². The predicted molar refractivity (Wildman–Crippen MR) is 96.3 cm³/mol. The van der Waals surface area contributed by atoms with Crippen molar-refractivity contribution in [2.24, 2.45) is 4.99 Å². The van der Waals surface area contributed by atoms with E-state index in [9.17, 15) is 8.78 Å². The van der Waals surface area contributed by atoms with Crippen molar-refractivity contribution < 1.29 is 13.5 Å². The van der Waals surface area contributed by atoms with Gasteiger partial charge in [-0.25, -0.2) is 9.98 Å². The number of thiazole rings is 1. The number of nitrogens with one attached hydrogen (secondary N) is 2. The molecule has 0 aliphatic heterocycles. The molecular weight excluding hydrogens is 346 g/mol. The summed E-state index contributed by atoms with van der Waals surface area (Å²) in [6.45, 7) is 4.84. The highest BCUT2D eigenvalue weighted by molar-refractivity contribution is 7.11. The summed E-state index contributed by atoms with van der Waals surface area (Å²) >= 11 is 1.65. The van der Waals surface area contributed by atoms with Crippen LogP contribution in [0.1, 0.15) is 28.1 Å². The first-order valence-corrected chi connectivity index (χ1v) is 8.78. The van der Waals surface area contributed by atoms with Crippen molar-refractivity contribution in [1.29, 1.82) is 0 Å². The summed E-state index contributed by atoms with van der Waals surface area (Å²) in [7, 11) is 0. The molecule has 25 heavy (non-hydrogen) atoms. The van der Waals surface area contributed by atoms with E-state index in [0.717, 1.165) is 27.7 Å². The first kappa shape index (κ1) is 19.1. The lowest BCUT2D eigenvalue weighted by Crippen LogP contribution is -2.36. The fourth-order valence-corrected chi connectivity index (χ4v) is 3.11. The van der Waals surface area contributed by atoms with Gasteiger partial charge in [0, 0.05) is 11.4 Å². The molecule has 0 saturated heterocycles. The molecule has 5 nitrogen and oxygen atoms in total. The number of aliphatic imine (C=N–C) groups is 1. The summed E-state index contributed by atoms with van der Waals surface area (Å²) in [5.41, 5.74) is 1.81. The van der Waals surface area contributed by atoms with E-state index in [1.54, 1.807) is 23.5 Å². The number of alkyl halides is 2. The van der Waals surface area contributed by atoms with Crippen LogP contribution in [-0.4, -0.2) is 24.1 Å². The van der Waals surface area contributed by atoms with Crippen LogP contribution in [0.2, 0.25) is 0 Å². The number of nitrogens with zero attached hydrogens (tertiary/aromatic N) is 2. The molecule has 0 aliphatic rings. The highest BCUT2D eigenvalue weighted by atomic mass is 32.1. The van der Waals surface area contributed by atoms with Crippen LogP contribution in [0, 0.1) is 13.8 Å². The zero-order valence-electron chi connectivity index (χ0n) is 14.5. The third kappa shape index (κ3) is 6.30. The molecule has 2 rings (SSSR count). The minimum Gasteiger partial charge on any atom is -0.435 e. The topological polar surface area (TPSA) is 58.5 Å². The summed E-state index contributed by atoms with van der Waals surface area (Å²) in [6.07, 6.45) is 0. The monoisotopic (exact) mass is 368 g/mol. The van der Waals surface area contributed by atoms with Crippen molar-refractivity contribution in [1.82, 2.24) is 15.6 Å². The molecule has 0 amide bonds. The third-order valence-electron chi connectivity index (χ3n) is 3.30. The lowest BCUT2D eigenvalue weighted by atomic mass is 10.2. The van der Waals surface area contributed by atoms with Gasteiger partial charge in [0.25, 0.3) is 0 Å². The number of aromatic nitrogens is 1. The zero-order chi connectivity index (χ0) is 18.2. The van der Waals surface area contributed by atoms with Gasteiger partial charge in [0.2, 0.25) is 0 Å². The summed E-state index contributed by atoms with van der Waals surface area (Å²) < 4.78 is 29.0. The average Bonchev–Trinajstić information content (AvgIpc) is 2.87. The van der Waals surface area contributed by atoms with Gasteiger partial charge in [-0.05, 0) is 38.5 Å². The molecular formula is C17H22F2N4OS. The Bertz CT molecular complexity index is 718. The van der Waals surface area contributed by atoms with Crippen molar-refractivity contribution in [3.05, 3.63) is 45.4 Å². The van der Waals surface area contributed by atoms with Crippen LogP contribution < -0.4 is 15.4 Å². The maximum atomic E-state index is 12.3. The van der Waals surface area contributed by atoms with Crippen LogP contribution in [0.3, 0.4) is 0 Å². The minimum atomic E-state index is -2.83. The van der Waals surface area contributed by atoms with Gasteiger partial charge in [-0.15, -0.1) is 11.3 Å². The second kappa shape index (κ2) is 9.31. The normalized spacial score (nSPS) is 11.7. The van der Waals surface area contributed by atoms with Crippen LogP contribution >= 0.6 is 11.3 Å². The standard InChI is InChI=1S/C17H22F2N4OS/c1-4-20-17(22-10-15-11(2)23-12(3)25-15)21-9-13-6-5-7-14(8-13)24-16(18)19/h5-8,16H,4,9-10H2,1-3H3,(H2,20,21,22). The molecule has 0 saturated carbocycles. The maximum absolute atomic E-state index is 12.3. The average molecular weight is 368 g/mol. The molecule has 0 aliphatic carbocycles. The highest BCUT2D eigenvalue weighted by Crippen LogP contribution is 2.17. The van der Waals surface area contributed by atoms with Crippen molar-refractivity contribution in [2.75, 3.05) is 6.54 Å². The van der Waals surface area contributed by atoms with Gasteiger partial charge < -0.3 is 15.4 Å². The number of benzene rings is 1. The van der Waals surface area contributed by atoms with Gasteiger partial charge in [0.15, 0.2) is 5.96 Å². The van der Waals surface area contributed by atoms with E-state index < -0.39 is 6.61 Å². The van der Waals surface area contributed by atoms with Crippen LogP contribution in [0.5, 0.6) is 5.75 Å². The first-order chi connectivity index (χ1) is 12.0. The van der Waals surface area contributed by atoms with Gasteiger partial charge in [0.05, 0.1) is 23.8 Å². The smallest absolute Gasteiger partial charge is 0.387 e. The fraction of sp³-hybridized carbons (Fsp3) is 0.412. The lowest BCUT2D eigenvalue weighted by molar-refractivity contribution is -0.0498. The Kier molecular flexibility index (Phi) is 7.12. The molecule has 0 radical (unpaired) electrons. The summed E-state index contributed by atoms with van der Waals surface area (Å²) in [5.74, 6) is 0.796. The molecule has 2 N–H and O–H groups in total. The number of hydrogen-bond donors (Lipinski definition) is 2. The first-order valence-electron chi connectivity index (χ1n) is 7.96. The van der Waals surface area contributed by atoms with Gasteiger partial charge in [0.1, 0.15) is 5.75 Å². The molecule has 8 heteroatoms. The van der Waals surface area contributed by atoms with E-state index in [-0.39, 0.29) is 5.75 Å². The SMILES string of the molecule is CCNC(=NCc1cccc(OC(F)F)c1)NCc1sc(C)nc1C. The molecule has 0 unspecified atom stereocenters. The van der Waals surface area contributed by atoms with E-state index in [1.807, 2.05) is 26.8 Å². The second-order valence-electron chi connectivity index (χ2n) is 5.32. The van der Waals surface area contributed by atoms with Gasteiger partial charge >= 0.3 is 6.61 Å². The van der Waals surface area contributed by atoms with Crippen LogP contribution in [0.4, 0.5) is 8.78 Å². The molecule has 2 aromatic rings. The Morgan fingerprint density at radius 1 is 1.32 bits per heavy atom. The Hall–Kier alpha value is -2.22. The van der Waals surface area contributed by atoms with E-state index in [1.165, 1.54) is 6.07 Å². The molecule has 0 bridgehead atoms. The molecule has 0 fully saturated rings. The number of hydrogen-bond acceptors (Lipinski definition) is 4. The molecule has 0 spiro atoms. The molecule has 1 heterocycles. The quantitative estimate of drug-likeness (QED) is 0.579. The molecule has 136 valence electrons. The molecule has 0 atom stereocenters. The third-order valence-corrected chi connectivity index (χ3v) is 4.38. The van der Waals surface area contributed by atoms with Gasteiger partial charge in [-0.3, -0.25) is 0 Å². The highest BCUT2D eigenvalue weighted by Gasteiger charge is 2.07. The Labute approximate surface area is 150 Å². The summed E-state index contributed by atoms with van der Waals surface area (Å²) in [4.78, 5) is 10.1. The number of aryl methyl sites for hydroxylation is 2. The van der Waals surface area contributed by atoms with E-state index >= 15 is 0 Å². The fourth-order valence-electron chi connectivity index (χ4n) is 2.23. The molecule has 1 aromatic carbocycles. The van der Waals surface area contributed by atoms with Crippen molar-refractivity contribution in [3.8, 4) is 5.75 Å². The Balaban J connectivity index is 2.00. The Morgan fingerprint density at radius 2 is 2.12 bits per heavy atom. The Morgan fingerprint density at radius 3 is 2.76 bits per heavy atom. The lowest BCUT2D eigenvalue weighted by Gasteiger charge is -2.11. The van der Waals surface area contributed by atoms with Crippen LogP contribution in [0.25, 0.3) is 0 Å². The van der Waals surface area contributed by atoms with Crippen LogP contribution in [0.15, 0.2) is 29.3 Å². The van der Waals surface area contributed by atoms with Crippen LogP contribution in [-0.2, 0) is 13.1 Å². The largest absolute Gasteiger partial charge is 0.435 e. The minimum absolute atomic E-state index is 0.136. The summed E-state index contributed by atoms with van der Waals surface area (Å²) in [6, 6.07) is 6.56.